The third kappa shape index (κ3) is 1320. The van der Waals surface area contributed by atoms with Crippen molar-refractivity contribution >= 4 is 31.6 Å². The first kappa shape index (κ1) is 76.7. The minimum absolute atomic E-state index is 0. The van der Waals surface area contributed by atoms with Crippen molar-refractivity contribution in [2.45, 2.75) is 0 Å². The smallest absolute Gasteiger partial charge is 0.786 e. The summed E-state index contributed by atoms with van der Waals surface area (Å²) in [5.74, 6) is 0. The van der Waals surface area contributed by atoms with Gasteiger partial charge in [-0.25, -0.2) is 16.8 Å². The zero-order valence-electron chi connectivity index (χ0n) is 10.6. The molecule has 0 radical (unpaired) electrons. The Morgan fingerprint density at radius 1 is 0.321 bits per heavy atom. The summed E-state index contributed by atoms with van der Waals surface area (Å²) in [4.78, 5) is 67.5. The fraction of sp³-hybridized carbons (Fsp3) is 0. The summed E-state index contributed by atoms with van der Waals surface area (Å²) in [6, 6.07) is 0. The van der Waals surface area contributed by atoms with Crippen LogP contribution in [-0.2, 0) is 155 Å². The second kappa shape index (κ2) is 36.1. The van der Waals surface area contributed by atoms with Crippen LogP contribution in [0.15, 0.2) is 0 Å². The number of rotatable bonds is 0. The normalized spacial score (nSPS) is 8.43. The Balaban J connectivity index is -0.0000000111. The molecule has 0 aliphatic carbocycles. The van der Waals surface area contributed by atoms with E-state index in [0.29, 0.717) is 0 Å². The van der Waals surface area contributed by atoms with Gasteiger partial charge in [0.15, 0.2) is 0 Å². The SMILES string of the molecule is O=P([O-])([O-])F.O=P([O-])([O-])F.O=P([O-])([O-])F.O=P([O-])([O-])F.[Cu+].[Cu+].[Cu+].[Cu+].[Cu+].[Cu+].[Cu+].[Cu+]. The maximum Gasteiger partial charge on any atom is 1.00 e. The molecule has 0 rings (SSSR count). The molecule has 0 saturated heterocycles. The third-order valence-electron chi connectivity index (χ3n) is 0. The summed E-state index contributed by atoms with van der Waals surface area (Å²) in [5.41, 5.74) is 0. The molecular weight excluding hydrogens is 900 g/mol. The van der Waals surface area contributed by atoms with Crippen molar-refractivity contribution in [2.24, 2.45) is 0 Å². The van der Waals surface area contributed by atoms with Crippen molar-refractivity contribution in [3.05, 3.63) is 0 Å². The molecule has 0 bridgehead atoms. The van der Waals surface area contributed by atoms with Crippen molar-refractivity contribution in [2.75, 3.05) is 0 Å². The summed E-state index contributed by atoms with van der Waals surface area (Å²) in [6.45, 7) is 0. The first-order valence-electron chi connectivity index (χ1n) is 2.87. The van der Waals surface area contributed by atoms with Gasteiger partial charge in [-0.1, -0.05) is 0 Å². The second-order valence-electron chi connectivity index (χ2n) is 1.72. The fourth-order valence-electron chi connectivity index (χ4n) is 0. The zero-order valence-corrected chi connectivity index (χ0v) is 21.7. The van der Waals surface area contributed by atoms with Gasteiger partial charge in [-0.2, -0.15) is 0 Å². The van der Waals surface area contributed by atoms with Gasteiger partial charge in [0, 0.05) is 0 Å². The van der Waals surface area contributed by atoms with E-state index in [0.717, 1.165) is 0 Å². The Morgan fingerprint density at radius 2 is 0.321 bits per heavy atom. The van der Waals surface area contributed by atoms with Gasteiger partial charge in [0.25, 0.3) is 0 Å². The molecule has 0 aromatic rings. The maximum absolute atomic E-state index is 10.1. The molecular formula is Cu8F4O12P4. The first-order valence-corrected chi connectivity index (χ1v) is 8.60. The van der Waals surface area contributed by atoms with E-state index in [1.54, 1.807) is 0 Å². The van der Waals surface area contributed by atoms with Crippen LogP contribution in [-0.4, -0.2) is 0 Å². The molecule has 0 aliphatic rings. The molecule has 0 aromatic heterocycles. The van der Waals surface area contributed by atoms with Gasteiger partial charge in [0.1, 0.15) is 31.6 Å². The fourth-order valence-corrected chi connectivity index (χ4v) is 0. The Kier molecular flexibility index (Phi) is 98.8. The van der Waals surface area contributed by atoms with E-state index in [9.17, 15) is 16.8 Å². The summed E-state index contributed by atoms with van der Waals surface area (Å²) in [5, 5.41) is 0. The van der Waals surface area contributed by atoms with Crippen LogP contribution in [0.1, 0.15) is 0 Å². The molecule has 0 heterocycles. The van der Waals surface area contributed by atoms with E-state index in [2.05, 4.69) is 0 Å². The summed E-state index contributed by atoms with van der Waals surface area (Å²) >= 11 is 0. The van der Waals surface area contributed by atoms with E-state index >= 15 is 0 Å². The molecule has 28 heavy (non-hydrogen) atoms. The van der Waals surface area contributed by atoms with Crippen molar-refractivity contribution in [1.82, 2.24) is 0 Å². The molecule has 0 aromatic carbocycles. The van der Waals surface area contributed by atoms with E-state index in [4.69, 9.17) is 57.4 Å². The molecule has 0 spiro atoms. The maximum atomic E-state index is 10.1. The minimum Gasteiger partial charge on any atom is -0.786 e. The molecule has 12 nitrogen and oxygen atoms in total. The molecule has 0 fully saturated rings. The van der Waals surface area contributed by atoms with Gasteiger partial charge in [0.05, 0.1) is 0 Å². The van der Waals surface area contributed by atoms with E-state index in [-0.39, 0.29) is 137 Å². The van der Waals surface area contributed by atoms with Crippen LogP contribution in [0.5, 0.6) is 0 Å². The summed E-state index contributed by atoms with van der Waals surface area (Å²) in [7, 11) is -22.6. The summed E-state index contributed by atoms with van der Waals surface area (Å²) in [6.07, 6.45) is 0. The van der Waals surface area contributed by atoms with Crippen molar-refractivity contribution in [1.29, 1.82) is 0 Å². The molecule has 208 valence electrons. The predicted octanol–water partition coefficient (Wildman–Crippen LogP) is -4.88. The topological polar surface area (TPSA) is 253 Å². The molecule has 0 atom stereocenters. The van der Waals surface area contributed by atoms with Crippen LogP contribution >= 0.6 is 31.6 Å². The monoisotopic (exact) mass is 895 g/mol. The van der Waals surface area contributed by atoms with E-state index < -0.39 is 31.6 Å². The molecule has 0 N–H and O–H groups in total. The summed E-state index contributed by atoms with van der Waals surface area (Å²) < 4.78 is 74.3. The molecule has 0 saturated carbocycles. The number of halogens is 4. The van der Waals surface area contributed by atoms with Crippen LogP contribution in [0.25, 0.3) is 0 Å². The van der Waals surface area contributed by atoms with Crippen LogP contribution < -0.4 is 39.1 Å². The average molecular weight is 900 g/mol. The van der Waals surface area contributed by atoms with Crippen LogP contribution in [0.2, 0.25) is 0 Å². The average Bonchev–Trinajstić information content (AvgIpc) is 1.62. The van der Waals surface area contributed by atoms with Gasteiger partial charge in [-0.15, -0.1) is 0 Å². The van der Waals surface area contributed by atoms with Crippen molar-refractivity contribution in [3.8, 4) is 0 Å². The Morgan fingerprint density at radius 3 is 0.321 bits per heavy atom. The minimum atomic E-state index is -5.64. The van der Waals surface area contributed by atoms with Crippen molar-refractivity contribution < 1.29 is 211 Å². The molecule has 0 amide bonds. The van der Waals surface area contributed by atoms with Crippen LogP contribution in [0.3, 0.4) is 0 Å². The largest absolute Gasteiger partial charge is 1.00 e. The van der Waals surface area contributed by atoms with Gasteiger partial charge in [0.2, 0.25) is 0 Å². The Hall–Kier alpha value is 4.48. The van der Waals surface area contributed by atoms with Crippen LogP contribution in [0, 0.1) is 0 Å². The van der Waals surface area contributed by atoms with Gasteiger partial charge >= 0.3 is 137 Å². The molecule has 0 unspecified atom stereocenters. The van der Waals surface area contributed by atoms with E-state index in [1.807, 2.05) is 0 Å². The van der Waals surface area contributed by atoms with Gasteiger partial charge in [-0.05, 0) is 0 Å². The Labute approximate surface area is 240 Å². The third-order valence-corrected chi connectivity index (χ3v) is 0. The van der Waals surface area contributed by atoms with Gasteiger partial charge < -0.3 is 57.4 Å². The zero-order chi connectivity index (χ0) is 18.0. The van der Waals surface area contributed by atoms with E-state index in [1.165, 1.54) is 0 Å². The van der Waals surface area contributed by atoms with Gasteiger partial charge in [-0.3, -0.25) is 0 Å². The quantitative estimate of drug-likeness (QED) is 0.126. The predicted molar refractivity (Wildman–Crippen MR) is 34.9 cm³/mol. The number of hydrogen-bond acceptors (Lipinski definition) is 12. The van der Waals surface area contributed by atoms with Crippen LogP contribution in [0.4, 0.5) is 16.8 Å². The standard InChI is InChI=1S/8Cu.4FH2O3P/c;;;;;;;;4*1-5(2,3)4/h;;;;;;;;4*(H2,2,3,4)/q8*+1;;;;/p-8. The second-order valence-corrected chi connectivity index (χ2v) is 5.17. The first-order chi connectivity index (χ1) is 8.00. The van der Waals surface area contributed by atoms with Crippen molar-refractivity contribution in [3.63, 3.8) is 0 Å². The molecule has 0 aliphatic heterocycles. The number of hydrogen-bond donors (Lipinski definition) is 0. The Bertz CT molecular complexity index is 316. The molecule has 28 heteroatoms.